The maximum Gasteiger partial charge on any atom is 0.209 e. The molecular formula is C7H11N3OS. The molecule has 0 aliphatic heterocycles. The molecule has 66 valence electrons. The normalized spacial score (nSPS) is 12.9. The fourth-order valence-corrected chi connectivity index (χ4v) is 1.08. The zero-order valence-corrected chi connectivity index (χ0v) is 7.88. The number of aromatic nitrogens is 3. The van der Waals surface area contributed by atoms with E-state index >= 15 is 0 Å². The molecule has 0 unspecified atom stereocenters. The standard InChI is InChI=1S/C7H11N3OS/c1-3-6(11)5-4-8-10-7(9-5)12-2/h4,6,11H,3H2,1-2H3/t6-/m1/s1. The molecule has 0 spiro atoms. The van der Waals surface area contributed by atoms with Gasteiger partial charge in [0.25, 0.3) is 0 Å². The summed E-state index contributed by atoms with van der Waals surface area (Å²) >= 11 is 1.42. The van der Waals surface area contributed by atoms with Crippen LogP contribution < -0.4 is 0 Å². The lowest BCUT2D eigenvalue weighted by Crippen LogP contribution is -2.02. The first-order valence-electron chi connectivity index (χ1n) is 3.69. The van der Waals surface area contributed by atoms with Crippen LogP contribution in [0, 0.1) is 0 Å². The zero-order chi connectivity index (χ0) is 8.97. The Hall–Kier alpha value is -0.680. The molecule has 5 heteroatoms. The van der Waals surface area contributed by atoms with Gasteiger partial charge in [0.1, 0.15) is 0 Å². The van der Waals surface area contributed by atoms with E-state index in [4.69, 9.17) is 0 Å². The number of rotatable bonds is 3. The number of hydrogen-bond acceptors (Lipinski definition) is 5. The minimum absolute atomic E-state index is 0.522. The Kier molecular flexibility index (Phi) is 3.43. The van der Waals surface area contributed by atoms with Crippen molar-refractivity contribution in [3.63, 3.8) is 0 Å². The Morgan fingerprint density at radius 2 is 2.42 bits per heavy atom. The van der Waals surface area contributed by atoms with Crippen LogP contribution in [0.5, 0.6) is 0 Å². The van der Waals surface area contributed by atoms with E-state index < -0.39 is 6.10 Å². The minimum atomic E-state index is -0.522. The molecule has 1 aromatic rings. The first-order chi connectivity index (χ1) is 5.77. The molecule has 4 nitrogen and oxygen atoms in total. The smallest absolute Gasteiger partial charge is 0.209 e. The van der Waals surface area contributed by atoms with Gasteiger partial charge in [0.15, 0.2) is 0 Å². The Balaban J connectivity index is 2.86. The zero-order valence-electron chi connectivity index (χ0n) is 7.06. The summed E-state index contributed by atoms with van der Waals surface area (Å²) < 4.78 is 0. The highest BCUT2D eigenvalue weighted by molar-refractivity contribution is 7.98. The summed E-state index contributed by atoms with van der Waals surface area (Å²) in [7, 11) is 0. The third kappa shape index (κ3) is 2.15. The summed E-state index contributed by atoms with van der Waals surface area (Å²) in [5.41, 5.74) is 0.594. The second-order valence-corrected chi connectivity index (χ2v) is 3.07. The maximum absolute atomic E-state index is 9.41. The van der Waals surface area contributed by atoms with Crippen molar-refractivity contribution in [3.8, 4) is 0 Å². The molecule has 0 saturated carbocycles. The lowest BCUT2D eigenvalue weighted by molar-refractivity contribution is 0.167. The molecule has 0 saturated heterocycles. The van der Waals surface area contributed by atoms with E-state index in [0.717, 1.165) is 0 Å². The fourth-order valence-electron chi connectivity index (χ4n) is 0.755. The molecule has 0 radical (unpaired) electrons. The summed E-state index contributed by atoms with van der Waals surface area (Å²) in [5.74, 6) is 0. The number of hydrogen-bond donors (Lipinski definition) is 1. The first-order valence-corrected chi connectivity index (χ1v) is 4.92. The van der Waals surface area contributed by atoms with Gasteiger partial charge in [-0.05, 0) is 12.7 Å². The third-order valence-corrected chi connectivity index (χ3v) is 2.01. The van der Waals surface area contributed by atoms with Crippen molar-refractivity contribution < 1.29 is 5.11 Å². The van der Waals surface area contributed by atoms with Gasteiger partial charge < -0.3 is 5.11 Å². The summed E-state index contributed by atoms with van der Waals surface area (Å²) in [5, 5.41) is 17.5. The average Bonchev–Trinajstić information content (AvgIpc) is 2.17. The maximum atomic E-state index is 9.41. The fraction of sp³-hybridized carbons (Fsp3) is 0.571. The van der Waals surface area contributed by atoms with E-state index in [1.165, 1.54) is 18.0 Å². The highest BCUT2D eigenvalue weighted by atomic mass is 32.2. The summed E-state index contributed by atoms with van der Waals surface area (Å²) in [6.45, 7) is 1.89. The van der Waals surface area contributed by atoms with Crippen LogP contribution >= 0.6 is 11.8 Å². The summed E-state index contributed by atoms with van der Waals surface area (Å²) in [6, 6.07) is 0. The van der Waals surface area contributed by atoms with Crippen molar-refractivity contribution in [2.75, 3.05) is 6.26 Å². The Labute approximate surface area is 75.4 Å². The third-order valence-electron chi connectivity index (χ3n) is 1.47. The van der Waals surface area contributed by atoms with Crippen molar-refractivity contribution in [2.24, 2.45) is 0 Å². The molecule has 0 aromatic carbocycles. The lowest BCUT2D eigenvalue weighted by Gasteiger charge is -2.05. The topological polar surface area (TPSA) is 58.9 Å². The second kappa shape index (κ2) is 4.37. The van der Waals surface area contributed by atoms with Crippen LogP contribution in [0.25, 0.3) is 0 Å². The quantitative estimate of drug-likeness (QED) is 0.713. The molecule has 12 heavy (non-hydrogen) atoms. The second-order valence-electron chi connectivity index (χ2n) is 2.29. The first kappa shape index (κ1) is 9.41. The van der Waals surface area contributed by atoms with Crippen LogP contribution in [-0.4, -0.2) is 26.5 Å². The van der Waals surface area contributed by atoms with Gasteiger partial charge in [0.05, 0.1) is 18.0 Å². The minimum Gasteiger partial charge on any atom is -0.387 e. The van der Waals surface area contributed by atoms with Crippen molar-refractivity contribution in [1.82, 2.24) is 15.2 Å². The number of thioether (sulfide) groups is 1. The molecule has 0 fully saturated rings. The van der Waals surface area contributed by atoms with E-state index in [2.05, 4.69) is 15.2 Å². The lowest BCUT2D eigenvalue weighted by atomic mass is 10.2. The Morgan fingerprint density at radius 3 is 3.00 bits per heavy atom. The molecule has 0 aliphatic rings. The van der Waals surface area contributed by atoms with Gasteiger partial charge in [-0.1, -0.05) is 18.7 Å². The molecule has 1 atom stereocenters. The van der Waals surface area contributed by atoms with Gasteiger partial charge in [0, 0.05) is 0 Å². The monoisotopic (exact) mass is 185 g/mol. The van der Waals surface area contributed by atoms with Gasteiger partial charge in [-0.25, -0.2) is 4.98 Å². The summed E-state index contributed by atoms with van der Waals surface area (Å²) in [4.78, 5) is 4.10. The largest absolute Gasteiger partial charge is 0.387 e. The SMILES string of the molecule is CC[C@@H](O)c1cnnc(SC)n1. The van der Waals surface area contributed by atoms with Gasteiger partial charge in [-0.15, -0.1) is 5.10 Å². The Morgan fingerprint density at radius 1 is 1.67 bits per heavy atom. The molecular weight excluding hydrogens is 174 g/mol. The van der Waals surface area contributed by atoms with Crippen molar-refractivity contribution >= 4 is 11.8 Å². The molecule has 1 heterocycles. The van der Waals surface area contributed by atoms with Gasteiger partial charge in [0.2, 0.25) is 5.16 Å². The predicted molar refractivity (Wildman–Crippen MR) is 46.9 cm³/mol. The number of aliphatic hydroxyl groups excluding tert-OH is 1. The highest BCUT2D eigenvalue weighted by Gasteiger charge is 2.07. The molecule has 0 aliphatic carbocycles. The molecule has 1 N–H and O–H groups in total. The molecule has 1 rings (SSSR count). The molecule has 0 bridgehead atoms. The van der Waals surface area contributed by atoms with Crippen LogP contribution in [0.3, 0.4) is 0 Å². The van der Waals surface area contributed by atoms with E-state index in [-0.39, 0.29) is 0 Å². The van der Waals surface area contributed by atoms with Crippen LogP contribution in [0.15, 0.2) is 11.4 Å². The number of aliphatic hydroxyl groups is 1. The summed E-state index contributed by atoms with van der Waals surface area (Å²) in [6.07, 6.45) is 3.49. The van der Waals surface area contributed by atoms with Crippen LogP contribution in [0.1, 0.15) is 25.1 Å². The molecule has 0 amide bonds. The van der Waals surface area contributed by atoms with E-state index in [1.807, 2.05) is 13.2 Å². The van der Waals surface area contributed by atoms with Crippen molar-refractivity contribution in [1.29, 1.82) is 0 Å². The Bertz CT molecular complexity index is 256. The van der Waals surface area contributed by atoms with E-state index in [0.29, 0.717) is 17.3 Å². The van der Waals surface area contributed by atoms with Crippen molar-refractivity contribution in [3.05, 3.63) is 11.9 Å². The highest BCUT2D eigenvalue weighted by Crippen LogP contribution is 2.14. The average molecular weight is 185 g/mol. The van der Waals surface area contributed by atoms with E-state index in [1.54, 1.807) is 0 Å². The van der Waals surface area contributed by atoms with Crippen molar-refractivity contribution in [2.45, 2.75) is 24.6 Å². The van der Waals surface area contributed by atoms with Crippen LogP contribution in [-0.2, 0) is 0 Å². The predicted octanol–water partition coefficient (Wildman–Crippen LogP) is 1.04. The van der Waals surface area contributed by atoms with Crippen LogP contribution in [0.2, 0.25) is 0 Å². The van der Waals surface area contributed by atoms with Gasteiger partial charge in [-0.2, -0.15) is 5.10 Å². The molecule has 1 aromatic heterocycles. The van der Waals surface area contributed by atoms with E-state index in [9.17, 15) is 5.11 Å². The van der Waals surface area contributed by atoms with Gasteiger partial charge >= 0.3 is 0 Å². The van der Waals surface area contributed by atoms with Gasteiger partial charge in [-0.3, -0.25) is 0 Å². The van der Waals surface area contributed by atoms with Crippen LogP contribution in [0.4, 0.5) is 0 Å². The number of nitrogens with zero attached hydrogens (tertiary/aromatic N) is 3.